The Bertz CT molecular complexity index is 1100. The van der Waals surface area contributed by atoms with Gasteiger partial charge >= 0.3 is 0 Å². The van der Waals surface area contributed by atoms with Crippen LogP contribution in [0, 0.1) is 5.82 Å². The van der Waals surface area contributed by atoms with Crippen LogP contribution in [0.1, 0.15) is 51.4 Å². The molecule has 0 fully saturated rings. The summed E-state index contributed by atoms with van der Waals surface area (Å²) >= 11 is 0. The molecule has 0 radical (unpaired) electrons. The molecule has 1 unspecified atom stereocenters. The van der Waals surface area contributed by atoms with E-state index in [2.05, 4.69) is 10.6 Å². The van der Waals surface area contributed by atoms with Crippen LogP contribution in [0.4, 0.5) is 10.1 Å². The lowest BCUT2D eigenvalue weighted by molar-refractivity contribution is 0.0742. The average molecular weight is 417 g/mol. The Kier molecular flexibility index (Phi) is 5.98. The second-order valence-corrected chi connectivity index (χ2v) is 7.52. The summed E-state index contributed by atoms with van der Waals surface area (Å²) in [5, 5.41) is 6.27. The van der Waals surface area contributed by atoms with Crippen LogP contribution in [0.15, 0.2) is 72.8 Å². The highest BCUT2D eigenvalue weighted by Crippen LogP contribution is 2.34. The maximum Gasteiger partial charge on any atom is 0.256 e. The van der Waals surface area contributed by atoms with Gasteiger partial charge in [-0.15, -0.1) is 0 Å². The van der Waals surface area contributed by atoms with Crippen molar-refractivity contribution in [2.24, 2.45) is 0 Å². The minimum atomic E-state index is -0.307. The van der Waals surface area contributed by atoms with E-state index in [1.165, 1.54) is 12.1 Å². The first-order valence-corrected chi connectivity index (χ1v) is 10.4. The number of nitrogens with one attached hydrogen (secondary N) is 2. The zero-order valence-electron chi connectivity index (χ0n) is 17.3. The fourth-order valence-electron chi connectivity index (χ4n) is 3.79. The summed E-state index contributed by atoms with van der Waals surface area (Å²) in [4.78, 5) is 27.2. The standard InChI is InChI=1S/C25H24FN3O2/c1-2-14-29-23(21-8-3-4-9-22(21)25(29)31)28-20-7-5-6-18(15-20)24(30)27-16-17-10-12-19(26)13-11-17/h3-13,15,23,28H,2,14,16H2,1H3,(H,27,30). The van der Waals surface area contributed by atoms with Crippen molar-refractivity contribution >= 4 is 17.5 Å². The lowest BCUT2D eigenvalue weighted by atomic mass is 10.1. The minimum absolute atomic E-state index is 0.0168. The van der Waals surface area contributed by atoms with Gasteiger partial charge in [-0.2, -0.15) is 0 Å². The van der Waals surface area contributed by atoms with Crippen LogP contribution in [-0.2, 0) is 6.54 Å². The Morgan fingerprint density at radius 2 is 1.81 bits per heavy atom. The first-order valence-electron chi connectivity index (χ1n) is 10.4. The number of benzene rings is 3. The third-order valence-corrected chi connectivity index (χ3v) is 5.32. The molecule has 4 rings (SSSR count). The van der Waals surface area contributed by atoms with Crippen LogP contribution in [0.2, 0.25) is 0 Å². The fourth-order valence-corrected chi connectivity index (χ4v) is 3.79. The Labute approximate surface area is 180 Å². The van der Waals surface area contributed by atoms with Gasteiger partial charge in [-0.3, -0.25) is 9.59 Å². The van der Waals surface area contributed by atoms with Gasteiger partial charge in [0.2, 0.25) is 0 Å². The van der Waals surface area contributed by atoms with Crippen molar-refractivity contribution in [2.45, 2.75) is 26.1 Å². The molecular weight excluding hydrogens is 393 g/mol. The van der Waals surface area contributed by atoms with E-state index in [9.17, 15) is 14.0 Å². The minimum Gasteiger partial charge on any atom is -0.361 e. The number of anilines is 1. The molecule has 1 aliphatic rings. The Hall–Kier alpha value is -3.67. The van der Waals surface area contributed by atoms with Gasteiger partial charge in [0.25, 0.3) is 11.8 Å². The van der Waals surface area contributed by atoms with Gasteiger partial charge in [0.1, 0.15) is 12.0 Å². The summed E-state index contributed by atoms with van der Waals surface area (Å²) in [6.07, 6.45) is 0.574. The van der Waals surface area contributed by atoms with Crippen molar-refractivity contribution < 1.29 is 14.0 Å². The van der Waals surface area contributed by atoms with Crippen LogP contribution in [0.3, 0.4) is 0 Å². The van der Waals surface area contributed by atoms with E-state index in [0.29, 0.717) is 24.2 Å². The summed E-state index contributed by atoms with van der Waals surface area (Å²) in [5.74, 6) is -0.512. The fraction of sp³-hybridized carbons (Fsp3) is 0.200. The summed E-state index contributed by atoms with van der Waals surface area (Å²) in [7, 11) is 0. The molecule has 0 aromatic heterocycles. The van der Waals surface area contributed by atoms with Crippen LogP contribution in [-0.4, -0.2) is 23.3 Å². The highest BCUT2D eigenvalue weighted by atomic mass is 19.1. The van der Waals surface area contributed by atoms with Crippen LogP contribution in [0.25, 0.3) is 0 Å². The molecule has 0 spiro atoms. The highest BCUT2D eigenvalue weighted by Gasteiger charge is 2.35. The predicted molar refractivity (Wildman–Crippen MR) is 118 cm³/mol. The number of carbonyl (C=O) groups excluding carboxylic acids is 2. The lowest BCUT2D eigenvalue weighted by Gasteiger charge is -2.27. The van der Waals surface area contributed by atoms with Gasteiger partial charge in [-0.1, -0.05) is 43.3 Å². The Morgan fingerprint density at radius 3 is 2.58 bits per heavy atom. The van der Waals surface area contributed by atoms with E-state index in [1.54, 1.807) is 24.3 Å². The highest BCUT2D eigenvalue weighted by molar-refractivity contribution is 5.99. The smallest absolute Gasteiger partial charge is 0.256 e. The SMILES string of the molecule is CCCN1C(=O)c2ccccc2C1Nc1cccc(C(=O)NCc2ccc(F)cc2)c1. The number of hydrogen-bond donors (Lipinski definition) is 2. The van der Waals surface area contributed by atoms with Gasteiger partial charge in [0.15, 0.2) is 0 Å². The maximum atomic E-state index is 13.0. The molecule has 5 nitrogen and oxygen atoms in total. The molecule has 158 valence electrons. The maximum absolute atomic E-state index is 13.0. The van der Waals surface area contributed by atoms with Crippen LogP contribution < -0.4 is 10.6 Å². The topological polar surface area (TPSA) is 61.4 Å². The number of nitrogens with zero attached hydrogens (tertiary/aromatic N) is 1. The molecule has 2 N–H and O–H groups in total. The van der Waals surface area contributed by atoms with Crippen LogP contribution >= 0.6 is 0 Å². The van der Waals surface area contributed by atoms with Crippen molar-refractivity contribution in [1.82, 2.24) is 10.2 Å². The van der Waals surface area contributed by atoms with E-state index in [4.69, 9.17) is 0 Å². The second kappa shape index (κ2) is 9.00. The number of hydrogen-bond acceptors (Lipinski definition) is 3. The van der Waals surface area contributed by atoms with Crippen molar-refractivity contribution in [3.63, 3.8) is 0 Å². The van der Waals surface area contributed by atoms with E-state index in [-0.39, 0.29) is 23.8 Å². The van der Waals surface area contributed by atoms with Crippen LogP contribution in [0.5, 0.6) is 0 Å². The molecule has 3 aromatic rings. The number of halogens is 1. The quantitative estimate of drug-likeness (QED) is 0.584. The number of amides is 2. The average Bonchev–Trinajstić information content (AvgIpc) is 3.05. The molecule has 0 bridgehead atoms. The summed E-state index contributed by atoms with van der Waals surface area (Å²) in [6.45, 7) is 2.99. The molecule has 0 saturated carbocycles. The number of fused-ring (bicyclic) bond motifs is 1. The van der Waals surface area contributed by atoms with Gasteiger partial charge in [-0.05, 0) is 48.4 Å². The number of rotatable bonds is 7. The third-order valence-electron chi connectivity index (χ3n) is 5.32. The summed E-state index contributed by atoms with van der Waals surface area (Å²) in [5.41, 5.74) is 3.73. The van der Waals surface area contributed by atoms with Crippen molar-refractivity contribution in [3.8, 4) is 0 Å². The monoisotopic (exact) mass is 417 g/mol. The summed E-state index contributed by atoms with van der Waals surface area (Å²) < 4.78 is 13.0. The molecule has 2 amide bonds. The largest absolute Gasteiger partial charge is 0.361 e. The van der Waals surface area contributed by atoms with E-state index in [1.807, 2.05) is 48.2 Å². The van der Waals surface area contributed by atoms with E-state index in [0.717, 1.165) is 23.2 Å². The van der Waals surface area contributed by atoms with Gasteiger partial charge in [-0.25, -0.2) is 4.39 Å². The Balaban J connectivity index is 1.49. The molecule has 1 aliphatic heterocycles. The molecule has 1 atom stereocenters. The van der Waals surface area contributed by atoms with E-state index < -0.39 is 0 Å². The first-order chi connectivity index (χ1) is 15.1. The van der Waals surface area contributed by atoms with Gasteiger partial charge in [0.05, 0.1) is 0 Å². The normalized spacial score (nSPS) is 15.0. The predicted octanol–water partition coefficient (Wildman–Crippen LogP) is 4.73. The number of carbonyl (C=O) groups is 2. The zero-order chi connectivity index (χ0) is 21.8. The molecule has 3 aromatic carbocycles. The van der Waals surface area contributed by atoms with E-state index >= 15 is 0 Å². The zero-order valence-corrected chi connectivity index (χ0v) is 17.3. The second-order valence-electron chi connectivity index (χ2n) is 7.52. The molecule has 1 heterocycles. The molecule has 6 heteroatoms. The van der Waals surface area contributed by atoms with Crippen molar-refractivity contribution in [3.05, 3.63) is 101 Å². The Morgan fingerprint density at radius 1 is 1.03 bits per heavy atom. The van der Waals surface area contributed by atoms with Crippen molar-refractivity contribution in [1.29, 1.82) is 0 Å². The first kappa shape index (κ1) is 20.6. The van der Waals surface area contributed by atoms with Gasteiger partial charge in [0, 0.05) is 35.5 Å². The molecule has 0 aliphatic carbocycles. The van der Waals surface area contributed by atoms with Gasteiger partial charge < -0.3 is 15.5 Å². The van der Waals surface area contributed by atoms with Crippen molar-refractivity contribution in [2.75, 3.05) is 11.9 Å². The molecule has 31 heavy (non-hydrogen) atoms. The third kappa shape index (κ3) is 4.43. The summed E-state index contributed by atoms with van der Waals surface area (Å²) in [6, 6.07) is 20.8. The molecular formula is C25H24FN3O2. The molecule has 0 saturated heterocycles. The lowest BCUT2D eigenvalue weighted by Crippen LogP contribution is -2.33.